The van der Waals surface area contributed by atoms with E-state index in [1.807, 2.05) is 36.9 Å². The maximum atomic E-state index is 13.7. The van der Waals surface area contributed by atoms with Crippen molar-refractivity contribution in [2.75, 3.05) is 18.4 Å². The minimum atomic E-state index is -0.316. The molecule has 1 N–H and O–H groups in total. The van der Waals surface area contributed by atoms with Gasteiger partial charge in [-0.1, -0.05) is 13.0 Å². The number of aryl methyl sites for hydroxylation is 1. The van der Waals surface area contributed by atoms with Crippen molar-refractivity contribution in [2.45, 2.75) is 39.0 Å². The third kappa shape index (κ3) is 5.05. The highest BCUT2D eigenvalue weighted by Crippen LogP contribution is 2.29. The number of aromatic nitrogens is 3. The molecule has 160 valence electrons. The molecule has 0 spiro atoms. The molecule has 3 heterocycles. The van der Waals surface area contributed by atoms with Crippen LogP contribution in [0.15, 0.2) is 48.7 Å². The van der Waals surface area contributed by atoms with E-state index in [0.29, 0.717) is 30.3 Å². The van der Waals surface area contributed by atoms with Gasteiger partial charge in [0.2, 0.25) is 5.91 Å². The normalized spacial score (nSPS) is 16.2. The molecule has 1 amide bonds. The minimum Gasteiger partial charge on any atom is -0.342 e. The molecular formula is C24H26FN5O. The van der Waals surface area contributed by atoms with Gasteiger partial charge in [0, 0.05) is 54.6 Å². The number of rotatable bonds is 5. The molecule has 1 saturated heterocycles. The smallest absolute Gasteiger partial charge is 0.222 e. The molecule has 1 atom stereocenters. The summed E-state index contributed by atoms with van der Waals surface area (Å²) in [6.45, 7) is 5.21. The van der Waals surface area contributed by atoms with Gasteiger partial charge < -0.3 is 10.2 Å². The van der Waals surface area contributed by atoms with Crippen LogP contribution in [0.1, 0.15) is 43.6 Å². The number of anilines is 2. The van der Waals surface area contributed by atoms with E-state index in [0.717, 1.165) is 36.3 Å². The van der Waals surface area contributed by atoms with Crippen LogP contribution in [0, 0.1) is 12.7 Å². The fourth-order valence-electron chi connectivity index (χ4n) is 3.83. The number of hydrogen-bond donors (Lipinski definition) is 1. The van der Waals surface area contributed by atoms with Crippen molar-refractivity contribution in [1.29, 1.82) is 0 Å². The Kier molecular flexibility index (Phi) is 6.21. The molecule has 7 heteroatoms. The number of pyridine rings is 1. The molecule has 1 aliphatic heterocycles. The maximum absolute atomic E-state index is 13.7. The van der Waals surface area contributed by atoms with E-state index in [1.54, 1.807) is 18.3 Å². The van der Waals surface area contributed by atoms with E-state index < -0.39 is 0 Å². The number of nitrogens with zero attached hydrogens (tertiary/aromatic N) is 4. The molecule has 31 heavy (non-hydrogen) atoms. The predicted octanol–water partition coefficient (Wildman–Crippen LogP) is 4.85. The van der Waals surface area contributed by atoms with Crippen LogP contribution in [0.2, 0.25) is 0 Å². The zero-order valence-electron chi connectivity index (χ0n) is 17.8. The van der Waals surface area contributed by atoms with Crippen molar-refractivity contribution < 1.29 is 9.18 Å². The minimum absolute atomic E-state index is 0.0515. The largest absolute Gasteiger partial charge is 0.342 e. The summed E-state index contributed by atoms with van der Waals surface area (Å²) in [5.74, 6) is 1.16. The Morgan fingerprint density at radius 1 is 1.23 bits per heavy atom. The van der Waals surface area contributed by atoms with Gasteiger partial charge in [-0.05, 0) is 50.1 Å². The Labute approximate surface area is 181 Å². The molecule has 0 bridgehead atoms. The number of benzene rings is 1. The van der Waals surface area contributed by atoms with Crippen LogP contribution in [-0.4, -0.2) is 38.8 Å². The van der Waals surface area contributed by atoms with Crippen molar-refractivity contribution in [3.05, 3.63) is 66.0 Å². The van der Waals surface area contributed by atoms with E-state index >= 15 is 0 Å². The average molecular weight is 420 g/mol. The summed E-state index contributed by atoms with van der Waals surface area (Å²) in [4.78, 5) is 28.1. The summed E-state index contributed by atoms with van der Waals surface area (Å²) in [6, 6.07) is 12.0. The van der Waals surface area contributed by atoms with Crippen molar-refractivity contribution in [2.24, 2.45) is 0 Å². The van der Waals surface area contributed by atoms with Gasteiger partial charge in [0.05, 0.1) is 5.69 Å². The Morgan fingerprint density at radius 3 is 2.84 bits per heavy atom. The zero-order valence-corrected chi connectivity index (χ0v) is 17.8. The molecule has 1 unspecified atom stereocenters. The topological polar surface area (TPSA) is 71.0 Å². The van der Waals surface area contributed by atoms with Crippen molar-refractivity contribution in [3.63, 3.8) is 0 Å². The lowest BCUT2D eigenvalue weighted by atomic mass is 9.96. The average Bonchev–Trinajstić information content (AvgIpc) is 2.79. The first kappa shape index (κ1) is 20.9. The Morgan fingerprint density at radius 2 is 2.10 bits per heavy atom. The molecule has 1 aliphatic rings. The SMILES string of the molecule is CCC(=O)N1CCCC(c2nc(Nc3cccc(F)c3)cc(-c3ccc(C)nc3)n2)C1. The summed E-state index contributed by atoms with van der Waals surface area (Å²) in [5.41, 5.74) is 3.17. The Bertz CT molecular complexity index is 1070. The lowest BCUT2D eigenvalue weighted by Gasteiger charge is -2.32. The molecule has 6 nitrogen and oxygen atoms in total. The second-order valence-corrected chi connectivity index (χ2v) is 7.85. The van der Waals surface area contributed by atoms with Gasteiger partial charge in [-0.3, -0.25) is 9.78 Å². The van der Waals surface area contributed by atoms with E-state index in [4.69, 9.17) is 9.97 Å². The summed E-state index contributed by atoms with van der Waals surface area (Å²) < 4.78 is 13.7. The van der Waals surface area contributed by atoms with Crippen molar-refractivity contribution >= 4 is 17.4 Å². The molecule has 3 aromatic rings. The number of halogens is 1. The van der Waals surface area contributed by atoms with Crippen LogP contribution in [-0.2, 0) is 4.79 Å². The molecule has 0 saturated carbocycles. The molecule has 1 aromatic carbocycles. The van der Waals surface area contributed by atoms with Gasteiger partial charge >= 0.3 is 0 Å². The number of piperidine rings is 1. The highest BCUT2D eigenvalue weighted by molar-refractivity contribution is 5.76. The van der Waals surface area contributed by atoms with Crippen molar-refractivity contribution in [1.82, 2.24) is 19.9 Å². The van der Waals surface area contributed by atoms with Gasteiger partial charge in [-0.25, -0.2) is 14.4 Å². The number of likely N-dealkylation sites (tertiary alicyclic amines) is 1. The Hall–Kier alpha value is -3.35. The number of nitrogens with one attached hydrogen (secondary N) is 1. The zero-order chi connectivity index (χ0) is 21.8. The number of carbonyl (C=O) groups excluding carboxylic acids is 1. The van der Waals surface area contributed by atoms with Crippen LogP contribution >= 0.6 is 0 Å². The first-order valence-electron chi connectivity index (χ1n) is 10.6. The van der Waals surface area contributed by atoms with Gasteiger partial charge in [0.15, 0.2) is 0 Å². The third-order valence-corrected chi connectivity index (χ3v) is 5.49. The number of hydrogen-bond acceptors (Lipinski definition) is 5. The highest BCUT2D eigenvalue weighted by atomic mass is 19.1. The molecular weight excluding hydrogens is 393 g/mol. The van der Waals surface area contributed by atoms with Crippen LogP contribution in [0.5, 0.6) is 0 Å². The van der Waals surface area contributed by atoms with Crippen LogP contribution in [0.3, 0.4) is 0 Å². The van der Waals surface area contributed by atoms with E-state index in [9.17, 15) is 9.18 Å². The summed E-state index contributed by atoms with van der Waals surface area (Å²) in [7, 11) is 0. The quantitative estimate of drug-likeness (QED) is 0.640. The first-order chi connectivity index (χ1) is 15.0. The second kappa shape index (κ2) is 9.20. The number of amides is 1. The fourth-order valence-corrected chi connectivity index (χ4v) is 3.83. The summed E-state index contributed by atoms with van der Waals surface area (Å²) >= 11 is 0. The van der Waals surface area contributed by atoms with Crippen LogP contribution in [0.25, 0.3) is 11.3 Å². The van der Waals surface area contributed by atoms with E-state index in [1.165, 1.54) is 12.1 Å². The molecule has 0 radical (unpaired) electrons. The first-order valence-corrected chi connectivity index (χ1v) is 10.6. The Balaban J connectivity index is 1.70. The van der Waals surface area contributed by atoms with Crippen LogP contribution < -0.4 is 5.32 Å². The lowest BCUT2D eigenvalue weighted by Crippen LogP contribution is -2.39. The summed E-state index contributed by atoms with van der Waals surface area (Å²) in [5, 5.41) is 3.20. The van der Waals surface area contributed by atoms with Gasteiger partial charge in [0.25, 0.3) is 0 Å². The third-order valence-electron chi connectivity index (χ3n) is 5.49. The molecule has 1 fully saturated rings. The summed E-state index contributed by atoms with van der Waals surface area (Å²) in [6.07, 6.45) is 4.13. The van der Waals surface area contributed by atoms with Crippen molar-refractivity contribution in [3.8, 4) is 11.3 Å². The van der Waals surface area contributed by atoms with Gasteiger partial charge in [-0.2, -0.15) is 0 Å². The van der Waals surface area contributed by atoms with Gasteiger partial charge in [0.1, 0.15) is 17.5 Å². The lowest BCUT2D eigenvalue weighted by molar-refractivity contribution is -0.132. The molecule has 2 aromatic heterocycles. The maximum Gasteiger partial charge on any atom is 0.222 e. The molecule has 0 aliphatic carbocycles. The van der Waals surface area contributed by atoms with Gasteiger partial charge in [-0.15, -0.1) is 0 Å². The standard InChI is InChI=1S/C24H26FN5O/c1-3-23(31)30-11-5-6-18(15-30)24-28-21(17-10-9-16(2)26-14-17)13-22(29-24)27-20-8-4-7-19(25)12-20/h4,7-10,12-14,18H,3,5-6,11,15H2,1-2H3,(H,27,28,29). The molecule has 4 rings (SSSR count). The van der Waals surface area contributed by atoms with E-state index in [-0.39, 0.29) is 17.6 Å². The highest BCUT2D eigenvalue weighted by Gasteiger charge is 2.26. The fraction of sp³-hybridized carbons (Fsp3) is 0.333. The monoisotopic (exact) mass is 419 g/mol. The van der Waals surface area contributed by atoms with Crippen LogP contribution in [0.4, 0.5) is 15.9 Å². The van der Waals surface area contributed by atoms with E-state index in [2.05, 4.69) is 10.3 Å². The second-order valence-electron chi connectivity index (χ2n) is 7.85. The number of carbonyl (C=O) groups is 1. The predicted molar refractivity (Wildman–Crippen MR) is 119 cm³/mol.